The summed E-state index contributed by atoms with van der Waals surface area (Å²) in [5.74, 6) is 3.68. The summed E-state index contributed by atoms with van der Waals surface area (Å²) in [5.41, 5.74) is 3.37. The molecule has 0 aromatic carbocycles. The van der Waals surface area contributed by atoms with Crippen molar-refractivity contribution in [2.45, 2.75) is 56.8 Å². The summed E-state index contributed by atoms with van der Waals surface area (Å²) in [5, 5.41) is 12.8. The van der Waals surface area contributed by atoms with Crippen LogP contribution in [-0.2, 0) is 6.42 Å². The van der Waals surface area contributed by atoms with Crippen molar-refractivity contribution < 1.29 is 5.11 Å². The molecule has 29 heavy (non-hydrogen) atoms. The molecule has 2 saturated carbocycles. The molecule has 6 nitrogen and oxygen atoms in total. The predicted octanol–water partition coefficient (Wildman–Crippen LogP) is 3.62. The first-order chi connectivity index (χ1) is 14.3. The number of hydrogen-bond donors (Lipinski definition) is 2. The van der Waals surface area contributed by atoms with Gasteiger partial charge in [0.1, 0.15) is 11.6 Å². The molecular formula is C23H31N5O. The van der Waals surface area contributed by atoms with E-state index in [0.717, 1.165) is 28.9 Å². The molecule has 1 saturated heterocycles. The van der Waals surface area contributed by atoms with Crippen molar-refractivity contribution in [1.29, 1.82) is 0 Å². The molecule has 6 heteroatoms. The Kier molecular flexibility index (Phi) is 5.46. The number of piperidine rings is 1. The molecule has 154 valence electrons. The number of rotatable bonds is 8. The maximum atomic E-state index is 9.43. The summed E-state index contributed by atoms with van der Waals surface area (Å²) in [4.78, 5) is 16.4. The van der Waals surface area contributed by atoms with Crippen LogP contribution in [0, 0.1) is 5.92 Å². The molecule has 2 aromatic rings. The first kappa shape index (κ1) is 18.9. The fraction of sp³-hybridized carbons (Fsp3) is 0.609. The minimum atomic E-state index is 0.117. The highest BCUT2D eigenvalue weighted by Gasteiger charge is 2.28. The fourth-order valence-electron chi connectivity index (χ4n) is 4.39. The topological polar surface area (TPSA) is 74.2 Å². The molecule has 0 spiro atoms. The minimum Gasteiger partial charge on any atom is -0.396 e. The van der Waals surface area contributed by atoms with E-state index in [0.29, 0.717) is 18.3 Å². The second-order valence-electron chi connectivity index (χ2n) is 8.99. The molecule has 1 aliphatic heterocycles. The Balaban J connectivity index is 1.28. The van der Waals surface area contributed by atoms with Crippen LogP contribution in [-0.4, -0.2) is 51.2 Å². The Labute approximate surface area is 172 Å². The Hall–Kier alpha value is -2.05. The highest BCUT2D eigenvalue weighted by molar-refractivity contribution is 5.52. The number of pyridine rings is 1. The zero-order chi connectivity index (χ0) is 19.6. The van der Waals surface area contributed by atoms with Crippen molar-refractivity contribution in [2.75, 3.05) is 31.6 Å². The number of hydrogen-bond acceptors (Lipinski definition) is 6. The molecule has 0 radical (unpaired) electrons. The molecule has 0 bridgehead atoms. The molecule has 3 heterocycles. The normalized spacial score (nSPS) is 20.7. The van der Waals surface area contributed by atoms with E-state index < -0.39 is 0 Å². The van der Waals surface area contributed by atoms with Crippen molar-refractivity contribution in [3.63, 3.8) is 0 Å². The molecule has 2 aromatic heterocycles. The first-order valence-electron chi connectivity index (χ1n) is 11.2. The maximum absolute atomic E-state index is 9.43. The van der Waals surface area contributed by atoms with Crippen LogP contribution in [0.3, 0.4) is 0 Å². The Morgan fingerprint density at radius 3 is 2.41 bits per heavy atom. The molecular weight excluding hydrogens is 362 g/mol. The lowest BCUT2D eigenvalue weighted by Gasteiger charge is -2.32. The van der Waals surface area contributed by atoms with Crippen molar-refractivity contribution in [1.82, 2.24) is 19.9 Å². The number of aliphatic hydroxyl groups excluding tert-OH is 1. The Morgan fingerprint density at radius 1 is 0.931 bits per heavy atom. The van der Waals surface area contributed by atoms with Gasteiger partial charge in [-0.2, -0.15) is 0 Å². The molecule has 0 atom stereocenters. The largest absolute Gasteiger partial charge is 0.396 e. The van der Waals surface area contributed by atoms with E-state index in [1.54, 1.807) is 0 Å². The molecule has 2 N–H and O–H groups in total. The summed E-state index contributed by atoms with van der Waals surface area (Å²) >= 11 is 0. The summed E-state index contributed by atoms with van der Waals surface area (Å²) in [7, 11) is 0. The smallest absolute Gasteiger partial charge is 0.150 e. The van der Waals surface area contributed by atoms with Gasteiger partial charge < -0.3 is 15.3 Å². The average molecular weight is 394 g/mol. The summed E-state index contributed by atoms with van der Waals surface area (Å²) < 4.78 is 0. The Bertz CT molecular complexity index is 824. The van der Waals surface area contributed by atoms with Gasteiger partial charge in [-0.1, -0.05) is 0 Å². The fourth-order valence-corrected chi connectivity index (χ4v) is 4.39. The van der Waals surface area contributed by atoms with E-state index in [2.05, 4.69) is 32.3 Å². The summed E-state index contributed by atoms with van der Waals surface area (Å²) in [6.45, 7) is 3.79. The van der Waals surface area contributed by atoms with Crippen molar-refractivity contribution in [3.8, 4) is 0 Å². The van der Waals surface area contributed by atoms with E-state index in [1.165, 1.54) is 63.7 Å². The number of aromatic nitrogens is 3. The van der Waals surface area contributed by atoms with Crippen LogP contribution >= 0.6 is 0 Å². The summed E-state index contributed by atoms with van der Waals surface area (Å²) in [6.07, 6.45) is 12.0. The monoisotopic (exact) mass is 393 g/mol. The maximum Gasteiger partial charge on any atom is 0.150 e. The van der Waals surface area contributed by atoms with Crippen LogP contribution in [0.5, 0.6) is 0 Å². The van der Waals surface area contributed by atoms with Crippen molar-refractivity contribution in [3.05, 3.63) is 41.5 Å². The number of anilines is 2. The quantitative estimate of drug-likeness (QED) is 0.714. The molecule has 3 aliphatic rings. The highest BCUT2D eigenvalue weighted by Crippen LogP contribution is 2.38. The number of aliphatic hydroxyl groups is 1. The van der Waals surface area contributed by atoms with Crippen LogP contribution in [0.4, 0.5) is 11.6 Å². The lowest BCUT2D eigenvalue weighted by atomic mass is 9.89. The van der Waals surface area contributed by atoms with Gasteiger partial charge >= 0.3 is 0 Å². The van der Waals surface area contributed by atoms with E-state index >= 15 is 0 Å². The van der Waals surface area contributed by atoms with E-state index in [-0.39, 0.29) is 6.61 Å². The van der Waals surface area contributed by atoms with Gasteiger partial charge in [0, 0.05) is 31.2 Å². The van der Waals surface area contributed by atoms with Crippen LogP contribution in [0.15, 0.2) is 24.5 Å². The predicted molar refractivity (Wildman–Crippen MR) is 113 cm³/mol. The lowest BCUT2D eigenvalue weighted by Crippen LogP contribution is -2.34. The van der Waals surface area contributed by atoms with Gasteiger partial charge in [0.05, 0.1) is 18.1 Å². The SMILES string of the molecule is OCCc1cc(C2CCN(CC3CC3)CC2)cc(Nc2cnc(C3CC3)cn2)n1. The molecule has 0 amide bonds. The van der Waals surface area contributed by atoms with Gasteiger partial charge in [0.25, 0.3) is 0 Å². The number of nitrogens with one attached hydrogen (secondary N) is 1. The zero-order valence-corrected chi connectivity index (χ0v) is 17.1. The molecule has 2 aliphatic carbocycles. The van der Waals surface area contributed by atoms with E-state index in [4.69, 9.17) is 4.98 Å². The third-order valence-corrected chi connectivity index (χ3v) is 6.46. The minimum absolute atomic E-state index is 0.117. The van der Waals surface area contributed by atoms with Crippen LogP contribution in [0.25, 0.3) is 0 Å². The third-order valence-electron chi connectivity index (χ3n) is 6.46. The van der Waals surface area contributed by atoms with Gasteiger partial charge in [0.15, 0.2) is 0 Å². The van der Waals surface area contributed by atoms with Gasteiger partial charge in [-0.3, -0.25) is 4.98 Å². The third kappa shape index (κ3) is 4.93. The first-order valence-corrected chi connectivity index (χ1v) is 11.2. The van der Waals surface area contributed by atoms with Gasteiger partial charge in [-0.15, -0.1) is 0 Å². The summed E-state index contributed by atoms with van der Waals surface area (Å²) in [6, 6.07) is 4.35. The number of nitrogens with zero attached hydrogens (tertiary/aromatic N) is 4. The average Bonchev–Trinajstić information content (AvgIpc) is 3.64. The molecule has 0 unspecified atom stereocenters. The second-order valence-corrected chi connectivity index (χ2v) is 8.99. The second kappa shape index (κ2) is 8.36. The van der Waals surface area contributed by atoms with Crippen LogP contribution in [0.1, 0.15) is 67.3 Å². The van der Waals surface area contributed by atoms with Crippen molar-refractivity contribution >= 4 is 11.6 Å². The molecule has 3 fully saturated rings. The molecule has 5 rings (SSSR count). The van der Waals surface area contributed by atoms with Crippen LogP contribution in [0.2, 0.25) is 0 Å². The van der Waals surface area contributed by atoms with E-state index in [1.807, 2.05) is 12.4 Å². The Morgan fingerprint density at radius 2 is 1.76 bits per heavy atom. The van der Waals surface area contributed by atoms with E-state index in [9.17, 15) is 5.11 Å². The number of likely N-dealkylation sites (tertiary alicyclic amines) is 1. The van der Waals surface area contributed by atoms with Gasteiger partial charge in [-0.25, -0.2) is 9.97 Å². The van der Waals surface area contributed by atoms with Gasteiger partial charge in [0.2, 0.25) is 0 Å². The van der Waals surface area contributed by atoms with Crippen LogP contribution < -0.4 is 5.32 Å². The lowest BCUT2D eigenvalue weighted by molar-refractivity contribution is 0.204. The standard InChI is InChI=1S/C23H31N5O/c29-10-7-20-11-19(17-5-8-28(9-6-17)15-16-1-2-16)12-22(26-20)27-23-14-24-21(13-25-23)18-3-4-18/h11-14,16-18,29H,1-10,15H2,(H,25,26,27). The zero-order valence-electron chi connectivity index (χ0n) is 17.1. The van der Waals surface area contributed by atoms with Crippen molar-refractivity contribution in [2.24, 2.45) is 5.92 Å². The van der Waals surface area contributed by atoms with Gasteiger partial charge in [-0.05, 0) is 81.1 Å². The highest BCUT2D eigenvalue weighted by atomic mass is 16.3.